The van der Waals surface area contributed by atoms with Gasteiger partial charge in [0.25, 0.3) is 0 Å². The third kappa shape index (κ3) is 0.576. The molecule has 1 heterocycles. The number of hydrogen-bond donors (Lipinski definition) is 0. The summed E-state index contributed by atoms with van der Waals surface area (Å²) in [5.41, 5.74) is 0. The molecule has 1 saturated carbocycles. The molecule has 46 valence electrons. The molecule has 8 heavy (non-hydrogen) atoms. The molecule has 1 heteroatoms. The van der Waals surface area contributed by atoms with Crippen LogP contribution in [0.3, 0.4) is 0 Å². The molecule has 0 amide bonds. The predicted molar refractivity (Wildman–Crippen MR) is 31.7 cm³/mol. The van der Waals surface area contributed by atoms with Gasteiger partial charge in [0.05, 0.1) is 6.10 Å². The van der Waals surface area contributed by atoms with Gasteiger partial charge in [0, 0.05) is 6.61 Å². The second-order valence-electron chi connectivity index (χ2n) is 2.89. The van der Waals surface area contributed by atoms with Crippen molar-refractivity contribution in [3.63, 3.8) is 0 Å². The van der Waals surface area contributed by atoms with Gasteiger partial charge < -0.3 is 4.74 Å². The minimum Gasteiger partial charge on any atom is -0.378 e. The Labute approximate surface area is 50.0 Å². The van der Waals surface area contributed by atoms with Crippen LogP contribution in [-0.2, 0) is 4.74 Å². The number of rotatable bonds is 0. The zero-order chi connectivity index (χ0) is 5.40. The van der Waals surface area contributed by atoms with Crippen LogP contribution in [0.2, 0.25) is 0 Å². The summed E-state index contributed by atoms with van der Waals surface area (Å²) in [7, 11) is 0. The lowest BCUT2D eigenvalue weighted by atomic mass is 9.77. The summed E-state index contributed by atoms with van der Waals surface area (Å²) in [6.45, 7) is 1.03. The lowest BCUT2D eigenvalue weighted by molar-refractivity contribution is -0.0821. The molecule has 0 aromatic heterocycles. The average Bonchev–Trinajstić information content (AvgIpc) is 1.72. The van der Waals surface area contributed by atoms with Gasteiger partial charge in [0.15, 0.2) is 0 Å². The lowest BCUT2D eigenvalue weighted by Gasteiger charge is -2.40. The Morgan fingerprint density at radius 2 is 2.12 bits per heavy atom. The van der Waals surface area contributed by atoms with E-state index in [0.717, 1.165) is 12.5 Å². The number of ether oxygens (including phenoxy) is 1. The standard InChI is InChI=1S/C7H12O/c1-2-6-3-4-7(6)8-5-1/h6-7H,1-5H2. The molecule has 2 aliphatic rings. The first-order chi connectivity index (χ1) is 3.97. The normalized spacial score (nSPS) is 45.0. The van der Waals surface area contributed by atoms with E-state index in [1.807, 2.05) is 0 Å². The Hall–Kier alpha value is -0.0400. The topological polar surface area (TPSA) is 9.23 Å². The molecule has 1 aliphatic carbocycles. The third-order valence-electron chi connectivity index (χ3n) is 2.40. The first kappa shape index (κ1) is 4.80. The molecular weight excluding hydrogens is 100 g/mol. The van der Waals surface area contributed by atoms with Gasteiger partial charge in [-0.05, 0) is 31.6 Å². The molecule has 0 aromatic carbocycles. The quantitative estimate of drug-likeness (QED) is 0.462. The lowest BCUT2D eigenvalue weighted by Crippen LogP contribution is -2.37. The van der Waals surface area contributed by atoms with Gasteiger partial charge in [0.1, 0.15) is 0 Å². The first-order valence-corrected chi connectivity index (χ1v) is 3.58. The SMILES string of the molecule is C1COC2CCC2C1. The molecule has 1 nitrogen and oxygen atoms in total. The molecule has 0 bridgehead atoms. The molecule has 0 N–H and O–H groups in total. The molecule has 2 fully saturated rings. The molecule has 0 radical (unpaired) electrons. The smallest absolute Gasteiger partial charge is 0.0603 e. The highest BCUT2D eigenvalue weighted by Crippen LogP contribution is 2.36. The summed E-state index contributed by atoms with van der Waals surface area (Å²) in [6, 6.07) is 0. The largest absolute Gasteiger partial charge is 0.378 e. The Bertz CT molecular complexity index is 78.4. The highest BCUT2D eigenvalue weighted by atomic mass is 16.5. The predicted octanol–water partition coefficient (Wildman–Crippen LogP) is 1.58. The van der Waals surface area contributed by atoms with Crippen molar-refractivity contribution in [3.8, 4) is 0 Å². The van der Waals surface area contributed by atoms with E-state index in [9.17, 15) is 0 Å². The maximum Gasteiger partial charge on any atom is 0.0603 e. The second kappa shape index (κ2) is 1.73. The van der Waals surface area contributed by atoms with Gasteiger partial charge in [-0.2, -0.15) is 0 Å². The van der Waals surface area contributed by atoms with Crippen molar-refractivity contribution in [1.82, 2.24) is 0 Å². The Balaban J connectivity index is 1.92. The van der Waals surface area contributed by atoms with Gasteiger partial charge in [-0.3, -0.25) is 0 Å². The molecule has 0 aromatic rings. The average molecular weight is 112 g/mol. The Kier molecular flexibility index (Phi) is 1.04. The summed E-state index contributed by atoms with van der Waals surface area (Å²) in [4.78, 5) is 0. The Morgan fingerprint density at radius 1 is 1.12 bits per heavy atom. The maximum atomic E-state index is 5.48. The van der Waals surface area contributed by atoms with Gasteiger partial charge in [0.2, 0.25) is 0 Å². The van der Waals surface area contributed by atoms with E-state index >= 15 is 0 Å². The van der Waals surface area contributed by atoms with Crippen molar-refractivity contribution < 1.29 is 4.74 Å². The van der Waals surface area contributed by atoms with Crippen LogP contribution in [0, 0.1) is 5.92 Å². The van der Waals surface area contributed by atoms with Crippen molar-refractivity contribution in [1.29, 1.82) is 0 Å². The van der Waals surface area contributed by atoms with E-state index in [1.54, 1.807) is 0 Å². The van der Waals surface area contributed by atoms with E-state index in [-0.39, 0.29) is 0 Å². The third-order valence-corrected chi connectivity index (χ3v) is 2.40. The zero-order valence-electron chi connectivity index (χ0n) is 5.10. The highest BCUT2D eigenvalue weighted by Gasteiger charge is 2.33. The molecule has 0 spiro atoms. The van der Waals surface area contributed by atoms with Crippen molar-refractivity contribution >= 4 is 0 Å². The van der Waals surface area contributed by atoms with Gasteiger partial charge in [-0.25, -0.2) is 0 Å². The van der Waals surface area contributed by atoms with Crippen LogP contribution in [0.1, 0.15) is 25.7 Å². The minimum atomic E-state index is 0.684. The summed E-state index contributed by atoms with van der Waals surface area (Å²) in [5, 5.41) is 0. The molecular formula is C7H12O. The molecule has 1 aliphatic heterocycles. The van der Waals surface area contributed by atoms with Crippen molar-refractivity contribution in [3.05, 3.63) is 0 Å². The summed E-state index contributed by atoms with van der Waals surface area (Å²) in [6.07, 6.45) is 6.20. The van der Waals surface area contributed by atoms with E-state index < -0.39 is 0 Å². The second-order valence-corrected chi connectivity index (χ2v) is 2.89. The monoisotopic (exact) mass is 112 g/mol. The van der Waals surface area contributed by atoms with Crippen molar-refractivity contribution in [2.45, 2.75) is 31.8 Å². The van der Waals surface area contributed by atoms with Crippen LogP contribution in [0.25, 0.3) is 0 Å². The minimum absolute atomic E-state index is 0.684. The molecule has 2 atom stereocenters. The van der Waals surface area contributed by atoms with E-state index in [2.05, 4.69) is 0 Å². The van der Waals surface area contributed by atoms with Crippen LogP contribution in [0.15, 0.2) is 0 Å². The molecule has 2 rings (SSSR count). The van der Waals surface area contributed by atoms with Gasteiger partial charge in [-0.1, -0.05) is 0 Å². The summed E-state index contributed by atoms with van der Waals surface area (Å²) in [5.74, 6) is 0.962. The molecule has 1 saturated heterocycles. The van der Waals surface area contributed by atoms with E-state index in [4.69, 9.17) is 4.74 Å². The van der Waals surface area contributed by atoms with Crippen LogP contribution in [0.5, 0.6) is 0 Å². The van der Waals surface area contributed by atoms with Gasteiger partial charge >= 0.3 is 0 Å². The fourth-order valence-corrected chi connectivity index (χ4v) is 1.67. The Morgan fingerprint density at radius 3 is 2.50 bits per heavy atom. The number of hydrogen-bond acceptors (Lipinski definition) is 1. The van der Waals surface area contributed by atoms with Crippen LogP contribution in [0.4, 0.5) is 0 Å². The first-order valence-electron chi connectivity index (χ1n) is 3.58. The summed E-state index contributed by atoms with van der Waals surface area (Å²) >= 11 is 0. The zero-order valence-corrected chi connectivity index (χ0v) is 5.10. The fourth-order valence-electron chi connectivity index (χ4n) is 1.67. The number of fused-ring (bicyclic) bond motifs is 1. The van der Waals surface area contributed by atoms with Crippen molar-refractivity contribution in [2.24, 2.45) is 5.92 Å². The van der Waals surface area contributed by atoms with E-state index in [1.165, 1.54) is 25.7 Å². The van der Waals surface area contributed by atoms with E-state index in [0.29, 0.717) is 6.10 Å². The maximum absolute atomic E-state index is 5.48. The molecule has 2 unspecified atom stereocenters. The van der Waals surface area contributed by atoms with Gasteiger partial charge in [-0.15, -0.1) is 0 Å². The van der Waals surface area contributed by atoms with Crippen LogP contribution >= 0.6 is 0 Å². The van der Waals surface area contributed by atoms with Crippen molar-refractivity contribution in [2.75, 3.05) is 6.61 Å². The summed E-state index contributed by atoms with van der Waals surface area (Å²) < 4.78 is 5.48. The van der Waals surface area contributed by atoms with Crippen LogP contribution in [-0.4, -0.2) is 12.7 Å². The fraction of sp³-hybridized carbons (Fsp3) is 1.00. The van der Waals surface area contributed by atoms with Crippen LogP contribution < -0.4 is 0 Å². The highest BCUT2D eigenvalue weighted by molar-refractivity contribution is 4.83.